The Hall–Kier alpha value is -2.19. The number of rotatable bonds is 7. The van der Waals surface area contributed by atoms with Crippen LogP contribution in [0.25, 0.3) is 0 Å². The van der Waals surface area contributed by atoms with Gasteiger partial charge in [-0.05, 0) is 13.1 Å². The number of amides is 1. The van der Waals surface area contributed by atoms with Gasteiger partial charge in [-0.2, -0.15) is 0 Å². The van der Waals surface area contributed by atoms with Crippen LogP contribution in [0.2, 0.25) is 0 Å². The topological polar surface area (TPSA) is 84.7 Å². The first-order valence-corrected chi connectivity index (χ1v) is 8.50. The van der Waals surface area contributed by atoms with Crippen LogP contribution >= 0.6 is 0 Å². The lowest BCUT2D eigenvalue weighted by atomic mass is 10.2. The van der Waals surface area contributed by atoms with E-state index in [1.807, 2.05) is 0 Å². The predicted octanol–water partition coefficient (Wildman–Crippen LogP) is 1.71. The Morgan fingerprint density at radius 3 is 2.68 bits per heavy atom. The Morgan fingerprint density at radius 2 is 2.08 bits per heavy atom. The first kappa shape index (κ1) is 19.1. The Kier molecular flexibility index (Phi) is 6.33. The number of nitrogens with one attached hydrogen (secondary N) is 1. The maximum atomic E-state index is 11.3. The van der Waals surface area contributed by atoms with E-state index in [-0.39, 0.29) is 11.6 Å². The van der Waals surface area contributed by atoms with E-state index in [1.165, 1.54) is 25.1 Å². The number of nitro benzene ring substituents is 1. The Balaban J connectivity index is 1.91. The van der Waals surface area contributed by atoms with Gasteiger partial charge in [-0.25, -0.2) is 0 Å². The number of benzene rings is 1. The van der Waals surface area contributed by atoms with E-state index in [0.29, 0.717) is 18.0 Å². The monoisotopic (exact) mass is 351 g/mol. The molecule has 0 atom stereocenters. The van der Waals surface area contributed by atoms with Crippen molar-refractivity contribution in [1.82, 2.24) is 4.90 Å². The second kappa shape index (κ2) is 8.26. The Morgan fingerprint density at radius 1 is 1.40 bits per heavy atom. The number of nitro groups is 1. The van der Waals surface area contributed by atoms with Gasteiger partial charge in [0.15, 0.2) is 0 Å². The number of carbonyl (C=O) groups is 1. The third kappa shape index (κ3) is 5.68. The lowest BCUT2D eigenvalue weighted by Crippen LogP contribution is -2.56. The molecule has 1 heterocycles. The fourth-order valence-corrected chi connectivity index (χ4v) is 2.94. The van der Waals surface area contributed by atoms with Crippen LogP contribution in [0, 0.1) is 10.1 Å². The molecule has 0 saturated carbocycles. The molecule has 1 N–H and O–H groups in total. The largest absolute Gasteiger partial charge is 0.491 e. The van der Waals surface area contributed by atoms with Crippen LogP contribution in [0.15, 0.2) is 18.2 Å². The second-order valence-corrected chi connectivity index (χ2v) is 6.91. The van der Waals surface area contributed by atoms with E-state index in [4.69, 9.17) is 4.74 Å². The van der Waals surface area contributed by atoms with Gasteiger partial charge in [-0.3, -0.25) is 19.8 Å². The van der Waals surface area contributed by atoms with Crippen LogP contribution in [0.5, 0.6) is 5.75 Å². The number of carbonyl (C=O) groups excluding carboxylic acids is 1. The van der Waals surface area contributed by atoms with E-state index < -0.39 is 4.92 Å². The molecule has 25 heavy (non-hydrogen) atoms. The summed E-state index contributed by atoms with van der Waals surface area (Å²) >= 11 is 0. The van der Waals surface area contributed by atoms with E-state index in [2.05, 4.69) is 24.3 Å². The van der Waals surface area contributed by atoms with Crippen LogP contribution in [-0.2, 0) is 4.79 Å². The molecule has 0 radical (unpaired) electrons. The van der Waals surface area contributed by atoms with Crippen LogP contribution < -0.4 is 10.1 Å². The van der Waals surface area contributed by atoms with Gasteiger partial charge in [0.2, 0.25) is 5.91 Å². The summed E-state index contributed by atoms with van der Waals surface area (Å²) in [6, 6.07) is 4.25. The fourth-order valence-electron chi connectivity index (χ4n) is 2.94. The first-order valence-electron chi connectivity index (χ1n) is 8.50. The maximum absolute atomic E-state index is 11.3. The third-order valence-electron chi connectivity index (χ3n) is 4.63. The van der Waals surface area contributed by atoms with Crippen molar-refractivity contribution in [3.63, 3.8) is 0 Å². The third-order valence-corrected chi connectivity index (χ3v) is 4.63. The van der Waals surface area contributed by atoms with Crippen molar-refractivity contribution < 1.29 is 18.9 Å². The minimum atomic E-state index is -0.493. The van der Waals surface area contributed by atoms with Gasteiger partial charge in [-0.1, -0.05) is 0 Å². The van der Waals surface area contributed by atoms with Crippen molar-refractivity contribution in [3.05, 3.63) is 28.3 Å². The summed E-state index contributed by atoms with van der Waals surface area (Å²) in [4.78, 5) is 24.0. The van der Waals surface area contributed by atoms with Gasteiger partial charge in [0, 0.05) is 38.6 Å². The normalized spacial score (nSPS) is 17.1. The number of piperazine rings is 1. The second-order valence-electron chi connectivity index (χ2n) is 6.91. The summed E-state index contributed by atoms with van der Waals surface area (Å²) in [6.07, 6.45) is 0.886. The smallest absolute Gasteiger partial charge is 0.271 e. The SMILES string of the molecule is CC(=O)Nc1cc([N+](=O)[O-])ccc1OCCC[N+]1(C)CCN(C)CC1. The van der Waals surface area contributed by atoms with Crippen LogP contribution in [0.3, 0.4) is 0 Å². The van der Waals surface area contributed by atoms with E-state index in [9.17, 15) is 14.9 Å². The quantitative estimate of drug-likeness (QED) is 0.350. The average molecular weight is 351 g/mol. The minimum absolute atomic E-state index is 0.0772. The van der Waals surface area contributed by atoms with Crippen LogP contribution in [0.4, 0.5) is 11.4 Å². The zero-order valence-electron chi connectivity index (χ0n) is 15.2. The van der Waals surface area contributed by atoms with Crippen molar-refractivity contribution >= 4 is 17.3 Å². The van der Waals surface area contributed by atoms with Gasteiger partial charge in [-0.15, -0.1) is 0 Å². The van der Waals surface area contributed by atoms with E-state index in [0.717, 1.165) is 43.6 Å². The zero-order valence-corrected chi connectivity index (χ0v) is 15.2. The van der Waals surface area contributed by atoms with Gasteiger partial charge < -0.3 is 14.5 Å². The minimum Gasteiger partial charge on any atom is -0.491 e. The number of likely N-dealkylation sites (N-methyl/N-ethyl adjacent to an activating group) is 2. The molecule has 2 rings (SSSR count). The average Bonchev–Trinajstić information content (AvgIpc) is 2.55. The lowest BCUT2D eigenvalue weighted by Gasteiger charge is -2.41. The van der Waals surface area contributed by atoms with Crippen molar-refractivity contribution in [1.29, 1.82) is 0 Å². The van der Waals surface area contributed by atoms with Gasteiger partial charge in [0.1, 0.15) is 5.75 Å². The first-order chi connectivity index (χ1) is 11.8. The molecule has 0 bridgehead atoms. The Labute approximate surface area is 148 Å². The number of quaternary nitrogens is 1. The molecule has 0 aliphatic carbocycles. The molecule has 1 aromatic carbocycles. The molecule has 1 aliphatic rings. The molecule has 1 aromatic rings. The molecule has 0 spiro atoms. The molecule has 0 unspecified atom stereocenters. The molecule has 8 heteroatoms. The number of ether oxygens (including phenoxy) is 1. The van der Waals surface area contributed by atoms with Crippen molar-refractivity contribution in [2.24, 2.45) is 0 Å². The highest BCUT2D eigenvalue weighted by Crippen LogP contribution is 2.29. The molecule has 0 aromatic heterocycles. The summed E-state index contributed by atoms with van der Waals surface area (Å²) in [5.74, 6) is 0.169. The number of non-ortho nitro benzene ring substituents is 1. The highest BCUT2D eigenvalue weighted by molar-refractivity contribution is 5.90. The summed E-state index contributed by atoms with van der Waals surface area (Å²) in [6.45, 7) is 7.36. The van der Waals surface area contributed by atoms with Crippen molar-refractivity contribution in [2.45, 2.75) is 13.3 Å². The van der Waals surface area contributed by atoms with Crippen LogP contribution in [0.1, 0.15) is 13.3 Å². The molecule has 1 fully saturated rings. The van der Waals surface area contributed by atoms with Crippen LogP contribution in [-0.4, -0.2) is 73.6 Å². The summed E-state index contributed by atoms with van der Waals surface area (Å²) in [7, 11) is 4.41. The van der Waals surface area contributed by atoms with E-state index >= 15 is 0 Å². The summed E-state index contributed by atoms with van der Waals surface area (Å²) in [5.41, 5.74) is 0.258. The highest BCUT2D eigenvalue weighted by Gasteiger charge is 2.26. The number of hydrogen-bond donors (Lipinski definition) is 1. The molecule has 1 saturated heterocycles. The fraction of sp³-hybridized carbons (Fsp3) is 0.588. The van der Waals surface area contributed by atoms with Crippen molar-refractivity contribution in [3.8, 4) is 5.75 Å². The van der Waals surface area contributed by atoms with Crippen molar-refractivity contribution in [2.75, 3.05) is 58.7 Å². The lowest BCUT2D eigenvalue weighted by molar-refractivity contribution is -0.913. The molecule has 8 nitrogen and oxygen atoms in total. The number of anilines is 1. The Bertz CT molecular complexity index is 627. The standard InChI is InChI=1S/C17H26N4O4/c1-14(22)18-16-13-15(20(23)24)5-6-17(16)25-12-4-9-21(3)10-7-19(2)8-11-21/h5-6,13H,4,7-12H2,1-3H3/p+1. The van der Waals surface area contributed by atoms with Gasteiger partial charge in [0.05, 0.1) is 43.9 Å². The molecule has 1 aliphatic heterocycles. The number of nitrogens with zero attached hydrogens (tertiary/aromatic N) is 3. The summed E-state index contributed by atoms with van der Waals surface area (Å²) in [5, 5.41) is 13.5. The maximum Gasteiger partial charge on any atom is 0.271 e. The highest BCUT2D eigenvalue weighted by atomic mass is 16.6. The molecular formula is C17H27N4O4+. The molecular weight excluding hydrogens is 324 g/mol. The van der Waals surface area contributed by atoms with E-state index in [1.54, 1.807) is 0 Å². The summed E-state index contributed by atoms with van der Waals surface area (Å²) < 4.78 is 6.81. The number of hydrogen-bond acceptors (Lipinski definition) is 5. The van der Waals surface area contributed by atoms with Gasteiger partial charge >= 0.3 is 0 Å². The zero-order chi connectivity index (χ0) is 18.4. The predicted molar refractivity (Wildman–Crippen MR) is 95.8 cm³/mol. The molecule has 138 valence electrons. The molecule has 1 amide bonds. The van der Waals surface area contributed by atoms with Gasteiger partial charge in [0.25, 0.3) is 5.69 Å².